The molecule has 5 nitrogen and oxygen atoms in total. The lowest BCUT2D eigenvalue weighted by molar-refractivity contribution is -0.113. The van der Waals surface area contributed by atoms with Crippen LogP contribution in [0.4, 0.5) is 14.5 Å². The molecular formula is C19H15ClF2N4OS. The van der Waals surface area contributed by atoms with Crippen molar-refractivity contribution in [3.63, 3.8) is 0 Å². The van der Waals surface area contributed by atoms with E-state index in [4.69, 9.17) is 11.6 Å². The first-order valence-corrected chi connectivity index (χ1v) is 9.52. The predicted molar refractivity (Wildman–Crippen MR) is 106 cm³/mol. The lowest BCUT2D eigenvalue weighted by Crippen LogP contribution is -2.15. The molecule has 0 aliphatic carbocycles. The molecule has 0 unspecified atom stereocenters. The van der Waals surface area contributed by atoms with Crippen LogP contribution in [0.5, 0.6) is 0 Å². The molecule has 0 aliphatic rings. The summed E-state index contributed by atoms with van der Waals surface area (Å²) < 4.78 is 28.4. The molecule has 0 bridgehead atoms. The maximum absolute atomic E-state index is 13.6. The molecule has 1 heterocycles. The highest BCUT2D eigenvalue weighted by Gasteiger charge is 2.15. The Morgan fingerprint density at radius 1 is 1.21 bits per heavy atom. The van der Waals surface area contributed by atoms with Crippen molar-refractivity contribution in [1.82, 2.24) is 14.8 Å². The molecule has 2 aromatic carbocycles. The van der Waals surface area contributed by atoms with Crippen LogP contribution in [0.1, 0.15) is 0 Å². The molecule has 3 aromatic rings. The molecule has 1 N–H and O–H groups in total. The van der Waals surface area contributed by atoms with Gasteiger partial charge in [-0.2, -0.15) is 0 Å². The zero-order chi connectivity index (χ0) is 20.1. The Labute approximate surface area is 169 Å². The van der Waals surface area contributed by atoms with E-state index >= 15 is 0 Å². The molecule has 0 radical (unpaired) electrons. The minimum Gasteiger partial charge on any atom is -0.323 e. The Hall–Kier alpha value is -2.71. The van der Waals surface area contributed by atoms with E-state index in [9.17, 15) is 13.6 Å². The van der Waals surface area contributed by atoms with E-state index in [0.29, 0.717) is 28.6 Å². The van der Waals surface area contributed by atoms with Crippen molar-refractivity contribution in [2.45, 2.75) is 11.7 Å². The van der Waals surface area contributed by atoms with Gasteiger partial charge in [-0.25, -0.2) is 8.78 Å². The number of halogens is 3. The Balaban J connectivity index is 1.72. The average molecular weight is 421 g/mol. The number of rotatable bonds is 7. The van der Waals surface area contributed by atoms with Crippen molar-refractivity contribution in [3.05, 3.63) is 71.8 Å². The zero-order valence-electron chi connectivity index (χ0n) is 14.5. The summed E-state index contributed by atoms with van der Waals surface area (Å²) in [7, 11) is 0. The lowest BCUT2D eigenvalue weighted by Gasteiger charge is -2.09. The third kappa shape index (κ3) is 4.76. The second-order valence-electron chi connectivity index (χ2n) is 5.67. The third-order valence-electron chi connectivity index (χ3n) is 3.67. The van der Waals surface area contributed by atoms with Gasteiger partial charge in [0, 0.05) is 23.2 Å². The summed E-state index contributed by atoms with van der Waals surface area (Å²) in [4.78, 5) is 12.1. The standard InChI is InChI=1S/C19H15ClF2N4OS/c1-2-9-26-18(12-3-5-13(20)6-4-12)24-25-19(26)28-11-17(27)23-16-8-7-14(21)10-15(16)22/h2-8,10H,1,9,11H2,(H,23,27). The van der Waals surface area contributed by atoms with E-state index in [1.54, 1.807) is 18.2 Å². The van der Waals surface area contributed by atoms with E-state index in [2.05, 4.69) is 22.1 Å². The van der Waals surface area contributed by atoms with Crippen LogP contribution < -0.4 is 5.32 Å². The van der Waals surface area contributed by atoms with Gasteiger partial charge in [0.2, 0.25) is 5.91 Å². The summed E-state index contributed by atoms with van der Waals surface area (Å²) >= 11 is 7.07. The van der Waals surface area contributed by atoms with Crippen LogP contribution >= 0.6 is 23.4 Å². The Kier molecular flexibility index (Phi) is 6.43. The molecule has 0 fully saturated rings. The molecule has 0 spiro atoms. The zero-order valence-corrected chi connectivity index (χ0v) is 16.1. The van der Waals surface area contributed by atoms with Crippen LogP contribution in [0.3, 0.4) is 0 Å². The van der Waals surface area contributed by atoms with E-state index in [1.807, 2.05) is 16.7 Å². The highest BCUT2D eigenvalue weighted by Crippen LogP contribution is 2.25. The van der Waals surface area contributed by atoms with E-state index in [1.165, 1.54) is 6.07 Å². The topological polar surface area (TPSA) is 59.8 Å². The molecule has 1 aromatic heterocycles. The van der Waals surface area contributed by atoms with Crippen molar-refractivity contribution >= 4 is 35.0 Å². The average Bonchev–Trinajstić information content (AvgIpc) is 3.06. The molecule has 0 atom stereocenters. The number of aromatic nitrogens is 3. The Morgan fingerprint density at radius 3 is 2.64 bits per heavy atom. The minimum atomic E-state index is -0.835. The number of carbonyl (C=O) groups is 1. The number of nitrogens with zero attached hydrogens (tertiary/aromatic N) is 3. The van der Waals surface area contributed by atoms with Gasteiger partial charge in [-0.1, -0.05) is 29.4 Å². The highest BCUT2D eigenvalue weighted by molar-refractivity contribution is 7.99. The van der Waals surface area contributed by atoms with Crippen LogP contribution in [-0.4, -0.2) is 26.4 Å². The van der Waals surface area contributed by atoms with Gasteiger partial charge in [0.05, 0.1) is 11.4 Å². The number of carbonyl (C=O) groups excluding carboxylic acids is 1. The van der Waals surface area contributed by atoms with Crippen LogP contribution in [0, 0.1) is 11.6 Å². The highest BCUT2D eigenvalue weighted by atomic mass is 35.5. The number of anilines is 1. The second kappa shape index (κ2) is 8.99. The molecule has 0 aliphatic heterocycles. The molecular weight excluding hydrogens is 406 g/mol. The predicted octanol–water partition coefficient (Wildman–Crippen LogP) is 4.79. The summed E-state index contributed by atoms with van der Waals surface area (Å²) in [5.41, 5.74) is 0.741. The maximum atomic E-state index is 13.6. The third-order valence-corrected chi connectivity index (χ3v) is 4.89. The fourth-order valence-corrected chi connectivity index (χ4v) is 3.28. The van der Waals surface area contributed by atoms with Gasteiger partial charge in [-0.3, -0.25) is 9.36 Å². The van der Waals surface area contributed by atoms with Gasteiger partial charge in [-0.05, 0) is 36.4 Å². The molecule has 0 saturated carbocycles. The number of allylic oxidation sites excluding steroid dienone is 1. The number of hydrogen-bond donors (Lipinski definition) is 1. The number of nitrogens with one attached hydrogen (secondary N) is 1. The Bertz CT molecular complexity index is 1010. The number of hydrogen-bond acceptors (Lipinski definition) is 4. The largest absolute Gasteiger partial charge is 0.323 e. The summed E-state index contributed by atoms with van der Waals surface area (Å²) in [5.74, 6) is -1.40. The first kappa shape index (κ1) is 20.0. The minimum absolute atomic E-state index is 0.0211. The Morgan fingerprint density at radius 2 is 1.96 bits per heavy atom. The van der Waals surface area contributed by atoms with Crippen molar-refractivity contribution in [2.24, 2.45) is 0 Å². The molecule has 144 valence electrons. The SMILES string of the molecule is C=CCn1c(SCC(=O)Nc2ccc(F)cc2F)nnc1-c1ccc(Cl)cc1. The molecule has 9 heteroatoms. The van der Waals surface area contributed by atoms with Crippen LogP contribution in [0.2, 0.25) is 5.02 Å². The van der Waals surface area contributed by atoms with Crippen LogP contribution in [0.25, 0.3) is 11.4 Å². The lowest BCUT2D eigenvalue weighted by atomic mass is 10.2. The summed E-state index contributed by atoms with van der Waals surface area (Å²) in [5, 5.41) is 11.9. The number of benzene rings is 2. The summed E-state index contributed by atoms with van der Waals surface area (Å²) in [6, 6.07) is 10.1. The van der Waals surface area contributed by atoms with Crippen molar-refractivity contribution in [1.29, 1.82) is 0 Å². The fourth-order valence-electron chi connectivity index (χ4n) is 2.41. The van der Waals surface area contributed by atoms with E-state index in [0.717, 1.165) is 23.4 Å². The van der Waals surface area contributed by atoms with Gasteiger partial charge >= 0.3 is 0 Å². The number of amides is 1. The number of thioether (sulfide) groups is 1. The smallest absolute Gasteiger partial charge is 0.234 e. The summed E-state index contributed by atoms with van der Waals surface area (Å²) in [6.07, 6.45) is 1.70. The second-order valence-corrected chi connectivity index (χ2v) is 7.05. The maximum Gasteiger partial charge on any atom is 0.234 e. The van der Waals surface area contributed by atoms with Gasteiger partial charge < -0.3 is 5.32 Å². The molecule has 3 rings (SSSR count). The molecule has 1 amide bonds. The summed E-state index contributed by atoms with van der Waals surface area (Å²) in [6.45, 7) is 4.18. The van der Waals surface area contributed by atoms with Gasteiger partial charge in [0.25, 0.3) is 0 Å². The van der Waals surface area contributed by atoms with E-state index in [-0.39, 0.29) is 11.4 Å². The van der Waals surface area contributed by atoms with Crippen LogP contribution in [0.15, 0.2) is 60.3 Å². The fraction of sp³-hybridized carbons (Fsp3) is 0.105. The van der Waals surface area contributed by atoms with Crippen molar-refractivity contribution in [2.75, 3.05) is 11.1 Å². The quantitative estimate of drug-likeness (QED) is 0.441. The van der Waals surface area contributed by atoms with Gasteiger partial charge in [0.15, 0.2) is 11.0 Å². The monoisotopic (exact) mass is 420 g/mol. The molecule has 28 heavy (non-hydrogen) atoms. The van der Waals surface area contributed by atoms with Crippen molar-refractivity contribution in [3.8, 4) is 11.4 Å². The van der Waals surface area contributed by atoms with Crippen LogP contribution in [-0.2, 0) is 11.3 Å². The van der Waals surface area contributed by atoms with Gasteiger partial charge in [0.1, 0.15) is 11.6 Å². The molecule has 0 saturated heterocycles. The first-order valence-electron chi connectivity index (χ1n) is 8.15. The van der Waals surface area contributed by atoms with Gasteiger partial charge in [-0.15, -0.1) is 16.8 Å². The normalized spacial score (nSPS) is 10.7. The van der Waals surface area contributed by atoms with Crippen molar-refractivity contribution < 1.29 is 13.6 Å². The van der Waals surface area contributed by atoms with E-state index < -0.39 is 17.5 Å². The first-order chi connectivity index (χ1) is 13.5.